The molecule has 20 heavy (non-hydrogen) atoms. The van der Waals surface area contributed by atoms with Crippen LogP contribution in [0.1, 0.15) is 42.9 Å². The number of nitrogens with zero attached hydrogens (tertiary/aromatic N) is 1. The zero-order valence-corrected chi connectivity index (χ0v) is 11.8. The highest BCUT2D eigenvalue weighted by molar-refractivity contribution is 5.85. The summed E-state index contributed by atoms with van der Waals surface area (Å²) in [5, 5.41) is 14.8. The van der Waals surface area contributed by atoms with Crippen LogP contribution in [0.5, 0.6) is 0 Å². The number of carboxylic acid groups (broad SMARTS) is 1. The summed E-state index contributed by atoms with van der Waals surface area (Å²) in [6, 6.07) is 5.05. The SMILES string of the molecule is CCC(C)NC(=O)CCNCc1cccc(C(=O)O)n1. The number of hydrogen-bond donors (Lipinski definition) is 3. The topological polar surface area (TPSA) is 91.3 Å². The van der Waals surface area contributed by atoms with Crippen molar-refractivity contribution >= 4 is 11.9 Å². The monoisotopic (exact) mass is 279 g/mol. The van der Waals surface area contributed by atoms with Gasteiger partial charge in [0, 0.05) is 25.6 Å². The van der Waals surface area contributed by atoms with Crippen molar-refractivity contribution in [3.8, 4) is 0 Å². The summed E-state index contributed by atoms with van der Waals surface area (Å²) < 4.78 is 0. The number of aromatic carboxylic acids is 1. The highest BCUT2D eigenvalue weighted by Crippen LogP contribution is 1.99. The molecule has 6 heteroatoms. The smallest absolute Gasteiger partial charge is 0.354 e. The van der Waals surface area contributed by atoms with Gasteiger partial charge in [0.15, 0.2) is 0 Å². The fourth-order valence-electron chi connectivity index (χ4n) is 1.56. The van der Waals surface area contributed by atoms with Gasteiger partial charge >= 0.3 is 5.97 Å². The molecule has 1 atom stereocenters. The third kappa shape index (κ3) is 5.79. The van der Waals surface area contributed by atoms with Gasteiger partial charge in [0.2, 0.25) is 5.91 Å². The number of carboxylic acids is 1. The molecule has 0 fully saturated rings. The van der Waals surface area contributed by atoms with Crippen molar-refractivity contribution in [2.75, 3.05) is 6.54 Å². The lowest BCUT2D eigenvalue weighted by Crippen LogP contribution is -2.33. The normalized spacial score (nSPS) is 11.9. The Labute approximate surface area is 118 Å². The lowest BCUT2D eigenvalue weighted by molar-refractivity contribution is -0.121. The minimum atomic E-state index is -1.04. The van der Waals surface area contributed by atoms with Crippen LogP contribution in [0.25, 0.3) is 0 Å². The maximum Gasteiger partial charge on any atom is 0.354 e. The number of amides is 1. The number of carbonyl (C=O) groups excluding carboxylic acids is 1. The average Bonchev–Trinajstić information content (AvgIpc) is 2.43. The number of pyridine rings is 1. The van der Waals surface area contributed by atoms with Crippen molar-refractivity contribution in [1.29, 1.82) is 0 Å². The van der Waals surface area contributed by atoms with Crippen LogP contribution in [0.2, 0.25) is 0 Å². The van der Waals surface area contributed by atoms with Gasteiger partial charge in [-0.15, -0.1) is 0 Å². The highest BCUT2D eigenvalue weighted by atomic mass is 16.4. The Balaban J connectivity index is 2.29. The predicted molar refractivity (Wildman–Crippen MR) is 75.4 cm³/mol. The van der Waals surface area contributed by atoms with E-state index in [1.165, 1.54) is 6.07 Å². The van der Waals surface area contributed by atoms with Gasteiger partial charge in [0.25, 0.3) is 0 Å². The number of nitrogens with one attached hydrogen (secondary N) is 2. The lowest BCUT2D eigenvalue weighted by atomic mass is 10.2. The van der Waals surface area contributed by atoms with Crippen molar-refractivity contribution in [3.63, 3.8) is 0 Å². The van der Waals surface area contributed by atoms with Crippen LogP contribution >= 0.6 is 0 Å². The summed E-state index contributed by atoms with van der Waals surface area (Å²) >= 11 is 0. The Morgan fingerprint density at radius 1 is 1.40 bits per heavy atom. The van der Waals surface area contributed by atoms with E-state index in [9.17, 15) is 9.59 Å². The minimum absolute atomic E-state index is 0.0131. The molecule has 0 radical (unpaired) electrons. The van der Waals surface area contributed by atoms with Crippen LogP contribution in [0.4, 0.5) is 0 Å². The van der Waals surface area contributed by atoms with Gasteiger partial charge in [-0.1, -0.05) is 13.0 Å². The Morgan fingerprint density at radius 3 is 2.80 bits per heavy atom. The van der Waals surface area contributed by atoms with Crippen molar-refractivity contribution in [1.82, 2.24) is 15.6 Å². The second-order valence-corrected chi connectivity index (χ2v) is 4.62. The summed E-state index contributed by atoms with van der Waals surface area (Å²) in [5.41, 5.74) is 0.672. The van der Waals surface area contributed by atoms with Crippen molar-refractivity contribution in [2.45, 2.75) is 39.3 Å². The van der Waals surface area contributed by atoms with E-state index < -0.39 is 5.97 Å². The van der Waals surface area contributed by atoms with E-state index in [4.69, 9.17) is 5.11 Å². The first-order chi connectivity index (χ1) is 9.52. The van der Waals surface area contributed by atoms with Gasteiger partial charge in [-0.05, 0) is 25.5 Å². The third-order valence-corrected chi connectivity index (χ3v) is 2.88. The Morgan fingerprint density at radius 2 is 2.15 bits per heavy atom. The molecule has 0 aromatic carbocycles. The molecule has 1 aromatic heterocycles. The molecule has 6 nitrogen and oxygen atoms in total. The lowest BCUT2D eigenvalue weighted by Gasteiger charge is -2.11. The molecule has 0 saturated carbocycles. The first-order valence-electron chi connectivity index (χ1n) is 6.72. The van der Waals surface area contributed by atoms with E-state index in [-0.39, 0.29) is 17.6 Å². The highest BCUT2D eigenvalue weighted by Gasteiger charge is 2.06. The summed E-state index contributed by atoms with van der Waals surface area (Å²) in [5.74, 6) is -1.03. The molecule has 1 amide bonds. The van der Waals surface area contributed by atoms with Crippen LogP contribution in [-0.4, -0.2) is 34.6 Å². The number of aromatic nitrogens is 1. The van der Waals surface area contributed by atoms with Gasteiger partial charge < -0.3 is 15.7 Å². The molecule has 1 aromatic rings. The van der Waals surface area contributed by atoms with E-state index in [0.717, 1.165) is 6.42 Å². The van der Waals surface area contributed by atoms with E-state index in [1.54, 1.807) is 12.1 Å². The third-order valence-electron chi connectivity index (χ3n) is 2.88. The molecule has 1 unspecified atom stereocenters. The molecule has 0 bridgehead atoms. The average molecular weight is 279 g/mol. The van der Waals surface area contributed by atoms with E-state index in [1.807, 2.05) is 13.8 Å². The van der Waals surface area contributed by atoms with E-state index in [2.05, 4.69) is 15.6 Å². The fraction of sp³-hybridized carbons (Fsp3) is 0.500. The second kappa shape index (κ2) is 8.27. The van der Waals surface area contributed by atoms with Crippen molar-refractivity contribution < 1.29 is 14.7 Å². The standard InChI is InChI=1S/C14H21N3O3/c1-3-10(2)16-13(18)7-8-15-9-11-5-4-6-12(17-11)14(19)20/h4-6,10,15H,3,7-9H2,1-2H3,(H,16,18)(H,19,20). The molecule has 0 saturated heterocycles. The fourth-order valence-corrected chi connectivity index (χ4v) is 1.56. The quantitative estimate of drug-likeness (QED) is 0.621. The molecular weight excluding hydrogens is 258 g/mol. The summed E-state index contributed by atoms with van der Waals surface area (Å²) in [4.78, 5) is 26.3. The second-order valence-electron chi connectivity index (χ2n) is 4.62. The van der Waals surface area contributed by atoms with E-state index in [0.29, 0.717) is 25.2 Å². The number of carbonyl (C=O) groups is 2. The van der Waals surface area contributed by atoms with Crippen molar-refractivity contribution in [2.24, 2.45) is 0 Å². The first kappa shape index (κ1) is 16.1. The summed E-state index contributed by atoms with van der Waals surface area (Å²) in [6.07, 6.45) is 1.30. The van der Waals surface area contributed by atoms with Crippen LogP contribution in [0, 0.1) is 0 Å². The maximum absolute atomic E-state index is 11.5. The molecule has 3 N–H and O–H groups in total. The molecule has 1 rings (SSSR count). The predicted octanol–water partition coefficient (Wildman–Crippen LogP) is 1.17. The molecular formula is C14H21N3O3. The largest absolute Gasteiger partial charge is 0.477 e. The Kier molecular flexibility index (Phi) is 6.66. The van der Waals surface area contributed by atoms with Gasteiger partial charge in [0.05, 0.1) is 5.69 Å². The van der Waals surface area contributed by atoms with Crippen molar-refractivity contribution in [3.05, 3.63) is 29.6 Å². The van der Waals surface area contributed by atoms with Crippen LogP contribution < -0.4 is 10.6 Å². The minimum Gasteiger partial charge on any atom is -0.477 e. The number of rotatable bonds is 8. The molecule has 1 heterocycles. The zero-order valence-electron chi connectivity index (χ0n) is 11.8. The van der Waals surface area contributed by atoms with Crippen LogP contribution in [0.15, 0.2) is 18.2 Å². The zero-order chi connectivity index (χ0) is 15.0. The van der Waals surface area contributed by atoms with Gasteiger partial charge in [0.1, 0.15) is 5.69 Å². The van der Waals surface area contributed by atoms with Crippen LogP contribution in [-0.2, 0) is 11.3 Å². The molecule has 0 spiro atoms. The van der Waals surface area contributed by atoms with E-state index >= 15 is 0 Å². The summed E-state index contributed by atoms with van der Waals surface area (Å²) in [6.45, 7) is 4.95. The van der Waals surface area contributed by atoms with Gasteiger partial charge in [-0.3, -0.25) is 4.79 Å². The maximum atomic E-state index is 11.5. The van der Waals surface area contributed by atoms with Gasteiger partial charge in [-0.2, -0.15) is 0 Å². The van der Waals surface area contributed by atoms with Crippen LogP contribution in [0.3, 0.4) is 0 Å². The number of hydrogen-bond acceptors (Lipinski definition) is 4. The first-order valence-corrected chi connectivity index (χ1v) is 6.72. The molecule has 110 valence electrons. The summed E-state index contributed by atoms with van der Waals surface area (Å²) in [7, 11) is 0. The molecule has 0 aliphatic heterocycles. The van der Waals surface area contributed by atoms with Gasteiger partial charge in [-0.25, -0.2) is 9.78 Å². The Bertz CT molecular complexity index is 463. The molecule has 0 aliphatic rings. The Hall–Kier alpha value is -1.95. The molecule has 0 aliphatic carbocycles.